The van der Waals surface area contributed by atoms with Crippen LogP contribution in [0.5, 0.6) is 0 Å². The Morgan fingerprint density at radius 2 is 2.11 bits per heavy atom. The molecular formula is C12H21NO5S. The Hall–Kier alpha value is -0.660. The molecule has 0 aliphatic heterocycles. The summed E-state index contributed by atoms with van der Waals surface area (Å²) in [5.41, 5.74) is 0. The maximum absolute atomic E-state index is 12.3. The molecule has 0 radical (unpaired) electrons. The summed E-state index contributed by atoms with van der Waals surface area (Å²) < 4.78 is 31.5. The van der Waals surface area contributed by atoms with Gasteiger partial charge in [0.2, 0.25) is 10.0 Å². The van der Waals surface area contributed by atoms with Crippen molar-refractivity contribution in [2.45, 2.75) is 49.3 Å². The van der Waals surface area contributed by atoms with E-state index in [0.717, 1.165) is 6.42 Å². The average molecular weight is 291 g/mol. The van der Waals surface area contributed by atoms with Crippen molar-refractivity contribution in [2.75, 3.05) is 13.7 Å². The van der Waals surface area contributed by atoms with E-state index in [1.807, 2.05) is 0 Å². The zero-order valence-corrected chi connectivity index (χ0v) is 11.9. The molecule has 2 saturated carbocycles. The Morgan fingerprint density at radius 3 is 2.63 bits per heavy atom. The molecule has 2 fully saturated rings. The largest absolute Gasteiger partial charge is 0.481 e. The van der Waals surface area contributed by atoms with E-state index in [-0.39, 0.29) is 12.6 Å². The van der Waals surface area contributed by atoms with E-state index < -0.39 is 26.7 Å². The van der Waals surface area contributed by atoms with Gasteiger partial charge in [-0.05, 0) is 32.1 Å². The second kappa shape index (κ2) is 5.38. The number of methoxy groups -OCH3 is 1. The van der Waals surface area contributed by atoms with E-state index in [4.69, 9.17) is 9.84 Å². The zero-order valence-electron chi connectivity index (χ0n) is 11.1. The van der Waals surface area contributed by atoms with Gasteiger partial charge in [-0.3, -0.25) is 4.79 Å². The summed E-state index contributed by atoms with van der Waals surface area (Å²) in [6.07, 6.45) is 3.72. The lowest BCUT2D eigenvalue weighted by atomic mass is 9.86. The molecule has 0 amide bonds. The van der Waals surface area contributed by atoms with Gasteiger partial charge in [-0.2, -0.15) is 0 Å². The van der Waals surface area contributed by atoms with Gasteiger partial charge < -0.3 is 9.84 Å². The van der Waals surface area contributed by atoms with E-state index >= 15 is 0 Å². The maximum atomic E-state index is 12.3. The molecule has 2 N–H and O–H groups in total. The number of aliphatic carboxylic acids is 1. The van der Waals surface area contributed by atoms with Gasteiger partial charge in [-0.15, -0.1) is 0 Å². The third-order valence-electron chi connectivity index (χ3n) is 4.13. The van der Waals surface area contributed by atoms with E-state index in [1.54, 1.807) is 0 Å². The van der Waals surface area contributed by atoms with Crippen LogP contribution >= 0.6 is 0 Å². The fraction of sp³-hybridized carbons (Fsp3) is 0.917. The second-order valence-corrected chi connectivity index (χ2v) is 7.74. The van der Waals surface area contributed by atoms with Crippen LogP contribution in [0.4, 0.5) is 0 Å². The van der Waals surface area contributed by atoms with Gasteiger partial charge in [0.15, 0.2) is 0 Å². The normalized spacial score (nSPS) is 29.9. The maximum Gasteiger partial charge on any atom is 0.306 e. The molecule has 110 valence electrons. The minimum Gasteiger partial charge on any atom is -0.481 e. The Bertz CT molecular complexity index is 443. The topological polar surface area (TPSA) is 92.7 Å². The number of nitrogens with one attached hydrogen (secondary N) is 1. The van der Waals surface area contributed by atoms with Crippen molar-refractivity contribution < 1.29 is 23.1 Å². The molecule has 0 spiro atoms. The zero-order chi connectivity index (χ0) is 14.1. The van der Waals surface area contributed by atoms with Crippen LogP contribution in [0.25, 0.3) is 0 Å². The van der Waals surface area contributed by atoms with Crippen molar-refractivity contribution in [3.05, 3.63) is 0 Å². The van der Waals surface area contributed by atoms with Crippen molar-refractivity contribution in [2.24, 2.45) is 5.92 Å². The highest BCUT2D eigenvalue weighted by atomic mass is 32.2. The highest BCUT2D eigenvalue weighted by molar-refractivity contribution is 7.91. The molecule has 19 heavy (non-hydrogen) atoms. The smallest absolute Gasteiger partial charge is 0.306 e. The van der Waals surface area contributed by atoms with Crippen molar-refractivity contribution in [3.8, 4) is 0 Å². The Morgan fingerprint density at radius 1 is 1.42 bits per heavy atom. The minimum atomic E-state index is -3.43. The van der Waals surface area contributed by atoms with Gasteiger partial charge in [0, 0.05) is 13.2 Å². The fourth-order valence-electron chi connectivity index (χ4n) is 2.76. The van der Waals surface area contributed by atoms with Crippen molar-refractivity contribution in [1.82, 2.24) is 4.72 Å². The Labute approximate surface area is 113 Å². The lowest BCUT2D eigenvalue weighted by Gasteiger charge is -2.29. The van der Waals surface area contributed by atoms with Gasteiger partial charge in [-0.1, -0.05) is 6.42 Å². The predicted molar refractivity (Wildman–Crippen MR) is 69.3 cm³/mol. The molecule has 2 aliphatic carbocycles. The predicted octanol–water partition coefficient (Wildman–Crippen LogP) is 0.728. The first-order chi connectivity index (χ1) is 8.90. The SMILES string of the molecule is COCC1(S(=O)(=O)N[C@@H]2CCC[C@H](C(=O)O)C2)CC1. The lowest BCUT2D eigenvalue weighted by molar-refractivity contribution is -0.143. The van der Waals surface area contributed by atoms with E-state index in [1.165, 1.54) is 7.11 Å². The van der Waals surface area contributed by atoms with Gasteiger partial charge in [-0.25, -0.2) is 13.1 Å². The van der Waals surface area contributed by atoms with Gasteiger partial charge in [0.25, 0.3) is 0 Å². The molecule has 0 aromatic heterocycles. The first kappa shape index (κ1) is 14.7. The fourth-order valence-corrected chi connectivity index (χ4v) is 4.57. The minimum absolute atomic E-state index is 0.206. The number of ether oxygens (including phenoxy) is 1. The summed E-state index contributed by atoms with van der Waals surface area (Å²) in [5, 5.41) is 9.01. The quantitative estimate of drug-likeness (QED) is 0.752. The molecule has 2 aliphatic rings. The molecule has 0 aromatic carbocycles. The van der Waals surface area contributed by atoms with Crippen LogP contribution < -0.4 is 4.72 Å². The van der Waals surface area contributed by atoms with Crippen LogP contribution in [0.15, 0.2) is 0 Å². The van der Waals surface area contributed by atoms with Crippen LogP contribution in [0, 0.1) is 5.92 Å². The van der Waals surface area contributed by atoms with Crippen LogP contribution in [0.2, 0.25) is 0 Å². The number of hydrogen-bond acceptors (Lipinski definition) is 4. The van der Waals surface area contributed by atoms with Gasteiger partial charge in [0.1, 0.15) is 4.75 Å². The Kier molecular flexibility index (Phi) is 4.17. The molecule has 0 saturated heterocycles. The molecule has 0 unspecified atom stereocenters. The van der Waals surface area contributed by atoms with E-state index in [0.29, 0.717) is 32.1 Å². The molecule has 6 nitrogen and oxygen atoms in total. The molecule has 0 bridgehead atoms. The summed E-state index contributed by atoms with van der Waals surface area (Å²) >= 11 is 0. The molecule has 0 aromatic rings. The third-order valence-corrected chi connectivity index (χ3v) is 6.44. The van der Waals surface area contributed by atoms with Crippen LogP contribution in [-0.2, 0) is 19.6 Å². The summed E-state index contributed by atoms with van der Waals surface area (Å²) in [4.78, 5) is 11.0. The summed E-state index contributed by atoms with van der Waals surface area (Å²) in [6.45, 7) is 0.206. The highest BCUT2D eigenvalue weighted by Crippen LogP contribution is 2.43. The number of hydrogen-bond donors (Lipinski definition) is 2. The summed E-state index contributed by atoms with van der Waals surface area (Å²) in [5.74, 6) is -1.26. The first-order valence-corrected chi connectivity index (χ1v) is 8.12. The van der Waals surface area contributed by atoms with E-state index in [9.17, 15) is 13.2 Å². The molecule has 2 rings (SSSR count). The van der Waals surface area contributed by atoms with Crippen LogP contribution in [0.3, 0.4) is 0 Å². The monoisotopic (exact) mass is 291 g/mol. The number of carboxylic acids is 1. The van der Waals surface area contributed by atoms with Crippen molar-refractivity contribution in [1.29, 1.82) is 0 Å². The standard InChI is InChI=1S/C12H21NO5S/c1-18-8-12(5-6-12)19(16,17)13-10-4-2-3-9(7-10)11(14)15/h9-10,13H,2-8H2,1H3,(H,14,15)/t9-,10+/m0/s1. The van der Waals surface area contributed by atoms with Crippen LogP contribution in [0.1, 0.15) is 38.5 Å². The molecule has 7 heteroatoms. The molecule has 0 heterocycles. The number of carbonyl (C=O) groups is 1. The summed E-state index contributed by atoms with van der Waals surface area (Å²) in [7, 11) is -1.93. The summed E-state index contributed by atoms with van der Waals surface area (Å²) in [6, 6.07) is -0.255. The van der Waals surface area contributed by atoms with Crippen LogP contribution in [-0.4, -0.2) is 44.0 Å². The van der Waals surface area contributed by atoms with Gasteiger partial charge in [0.05, 0.1) is 12.5 Å². The number of rotatable bonds is 6. The first-order valence-electron chi connectivity index (χ1n) is 6.64. The average Bonchev–Trinajstić information content (AvgIpc) is 3.11. The number of sulfonamides is 1. The highest BCUT2D eigenvalue weighted by Gasteiger charge is 2.55. The second-order valence-electron chi connectivity index (χ2n) is 5.64. The molecule has 2 atom stereocenters. The lowest BCUT2D eigenvalue weighted by Crippen LogP contribution is -2.46. The third kappa shape index (κ3) is 3.09. The van der Waals surface area contributed by atoms with E-state index in [2.05, 4.69) is 4.72 Å². The van der Waals surface area contributed by atoms with Crippen molar-refractivity contribution >= 4 is 16.0 Å². The Balaban J connectivity index is 1.99. The van der Waals surface area contributed by atoms with Gasteiger partial charge >= 0.3 is 5.97 Å². The number of carboxylic acid groups (broad SMARTS) is 1. The molecular weight excluding hydrogens is 270 g/mol. The van der Waals surface area contributed by atoms with Crippen molar-refractivity contribution in [3.63, 3.8) is 0 Å².